The molecule has 0 amide bonds. The van der Waals surface area contributed by atoms with Gasteiger partial charge in [-0.1, -0.05) is 6.42 Å². The summed E-state index contributed by atoms with van der Waals surface area (Å²) in [5.41, 5.74) is 4.63. The van der Waals surface area contributed by atoms with Crippen molar-refractivity contribution in [2.75, 3.05) is 5.75 Å². The van der Waals surface area contributed by atoms with E-state index in [1.165, 1.54) is 0 Å². The van der Waals surface area contributed by atoms with Gasteiger partial charge in [0.25, 0.3) is 0 Å². The molecule has 8 heteroatoms. The molecule has 1 saturated heterocycles. The number of halogens is 1. The highest BCUT2D eigenvalue weighted by atomic mass is 79.9. The van der Waals surface area contributed by atoms with Crippen LogP contribution in [-0.4, -0.2) is 35.2 Å². The van der Waals surface area contributed by atoms with Crippen LogP contribution in [0, 0.1) is 6.92 Å². The van der Waals surface area contributed by atoms with Gasteiger partial charge in [-0.3, -0.25) is 16.0 Å². The second kappa shape index (κ2) is 6.76. The topological polar surface area (TPSA) is 90.0 Å². The Kier molecular flexibility index (Phi) is 5.45. The van der Waals surface area contributed by atoms with Gasteiger partial charge in [0.15, 0.2) is 9.84 Å². The number of rotatable bonds is 5. The van der Waals surface area contributed by atoms with Crippen LogP contribution in [-0.2, 0) is 22.8 Å². The lowest BCUT2D eigenvalue weighted by Crippen LogP contribution is -2.50. The Morgan fingerprint density at radius 1 is 1.52 bits per heavy atom. The third-order valence-electron chi connectivity index (χ3n) is 4.16. The Morgan fingerprint density at radius 2 is 2.24 bits per heavy atom. The quantitative estimate of drug-likeness (QED) is 0.595. The molecular weight excluding hydrogens is 356 g/mol. The van der Waals surface area contributed by atoms with Crippen molar-refractivity contribution < 1.29 is 8.42 Å². The number of aryl methyl sites for hydroxylation is 2. The Morgan fingerprint density at radius 3 is 2.81 bits per heavy atom. The molecule has 21 heavy (non-hydrogen) atoms. The number of hydrazine groups is 1. The van der Waals surface area contributed by atoms with Crippen LogP contribution in [0.2, 0.25) is 0 Å². The summed E-state index contributed by atoms with van der Waals surface area (Å²) in [5, 5.41) is 4.04. The highest BCUT2D eigenvalue weighted by Crippen LogP contribution is 2.27. The molecule has 2 unspecified atom stereocenters. The van der Waals surface area contributed by atoms with Crippen LogP contribution in [0.4, 0.5) is 0 Å². The zero-order valence-electron chi connectivity index (χ0n) is 12.5. The van der Waals surface area contributed by atoms with Crippen molar-refractivity contribution in [1.29, 1.82) is 0 Å². The van der Waals surface area contributed by atoms with E-state index >= 15 is 0 Å². The van der Waals surface area contributed by atoms with Gasteiger partial charge in [0, 0.05) is 19.0 Å². The van der Waals surface area contributed by atoms with Crippen LogP contribution in [0.5, 0.6) is 0 Å². The summed E-state index contributed by atoms with van der Waals surface area (Å²) < 4.78 is 27.4. The van der Waals surface area contributed by atoms with Crippen LogP contribution in [0.25, 0.3) is 0 Å². The highest BCUT2D eigenvalue weighted by Gasteiger charge is 2.36. The maximum Gasteiger partial charge on any atom is 0.154 e. The molecule has 1 aromatic heterocycles. The maximum atomic E-state index is 12.3. The minimum absolute atomic E-state index is 0.267. The molecule has 2 rings (SSSR count). The highest BCUT2D eigenvalue weighted by molar-refractivity contribution is 9.10. The number of hydrogen-bond acceptors (Lipinski definition) is 5. The van der Waals surface area contributed by atoms with Crippen LogP contribution >= 0.6 is 15.9 Å². The van der Waals surface area contributed by atoms with Gasteiger partial charge in [-0.25, -0.2) is 8.42 Å². The minimum Gasteiger partial charge on any atom is -0.271 e. The molecule has 3 N–H and O–H groups in total. The van der Waals surface area contributed by atoms with Crippen LogP contribution < -0.4 is 11.3 Å². The summed E-state index contributed by atoms with van der Waals surface area (Å²) in [5.74, 6) is 5.93. The molecule has 0 spiro atoms. The molecule has 1 aliphatic heterocycles. The van der Waals surface area contributed by atoms with E-state index < -0.39 is 15.1 Å². The Labute approximate surface area is 134 Å². The van der Waals surface area contributed by atoms with E-state index in [4.69, 9.17) is 5.84 Å². The fourth-order valence-electron chi connectivity index (χ4n) is 3.00. The van der Waals surface area contributed by atoms with Gasteiger partial charge in [-0.05, 0) is 42.6 Å². The second-order valence-electron chi connectivity index (χ2n) is 5.54. The first kappa shape index (κ1) is 16.9. The molecule has 120 valence electrons. The monoisotopic (exact) mass is 378 g/mol. The minimum atomic E-state index is -3.07. The van der Waals surface area contributed by atoms with E-state index in [-0.39, 0.29) is 11.8 Å². The molecule has 1 fully saturated rings. The summed E-state index contributed by atoms with van der Waals surface area (Å²) >= 11 is 3.55. The van der Waals surface area contributed by atoms with E-state index in [1.54, 1.807) is 0 Å². The number of nitrogens with two attached hydrogens (primary N) is 1. The van der Waals surface area contributed by atoms with Crippen LogP contribution in [0.3, 0.4) is 0 Å². The summed E-state index contributed by atoms with van der Waals surface area (Å²) in [4.78, 5) is 0. The van der Waals surface area contributed by atoms with Crippen molar-refractivity contribution in [2.24, 2.45) is 5.84 Å². The fraction of sp³-hybridized carbons (Fsp3) is 0.769. The van der Waals surface area contributed by atoms with Gasteiger partial charge in [0.05, 0.1) is 26.9 Å². The van der Waals surface area contributed by atoms with Crippen molar-refractivity contribution in [2.45, 2.75) is 57.4 Å². The zero-order chi connectivity index (χ0) is 15.6. The summed E-state index contributed by atoms with van der Waals surface area (Å²) in [7, 11) is -3.07. The first-order valence-electron chi connectivity index (χ1n) is 7.30. The SMILES string of the molecule is CCn1nc(C)c(Br)c1CC(NN)C1CCCCS1(=O)=O. The van der Waals surface area contributed by atoms with E-state index in [0.717, 1.165) is 35.2 Å². The maximum absolute atomic E-state index is 12.3. The number of nitrogens with zero attached hydrogens (tertiary/aromatic N) is 2. The van der Waals surface area contributed by atoms with E-state index in [2.05, 4.69) is 26.5 Å². The van der Waals surface area contributed by atoms with Crippen molar-refractivity contribution in [3.8, 4) is 0 Å². The summed E-state index contributed by atoms with van der Waals surface area (Å²) in [6.07, 6.45) is 2.92. The van der Waals surface area contributed by atoms with E-state index in [1.807, 2.05) is 18.5 Å². The van der Waals surface area contributed by atoms with E-state index in [9.17, 15) is 8.42 Å². The fourth-order valence-corrected chi connectivity index (χ4v) is 5.56. The van der Waals surface area contributed by atoms with Crippen LogP contribution in [0.15, 0.2) is 4.47 Å². The molecule has 0 bridgehead atoms. The van der Waals surface area contributed by atoms with Crippen molar-refractivity contribution in [3.05, 3.63) is 15.9 Å². The molecule has 0 radical (unpaired) electrons. The molecular formula is C13H23BrN4O2S. The Hall–Kier alpha value is -0.440. The average Bonchev–Trinajstić information content (AvgIpc) is 2.72. The van der Waals surface area contributed by atoms with Gasteiger partial charge in [0.1, 0.15) is 0 Å². The van der Waals surface area contributed by atoms with Gasteiger partial charge in [0.2, 0.25) is 0 Å². The largest absolute Gasteiger partial charge is 0.271 e. The predicted octanol–water partition coefficient (Wildman–Crippen LogP) is 1.32. The lowest BCUT2D eigenvalue weighted by Gasteiger charge is -2.29. The smallest absolute Gasteiger partial charge is 0.154 e. The number of aromatic nitrogens is 2. The van der Waals surface area contributed by atoms with Gasteiger partial charge >= 0.3 is 0 Å². The Bertz CT molecular complexity index is 600. The standard InChI is InChI=1S/C13H23BrN4O2S/c1-3-18-11(13(14)9(2)17-18)8-10(16-15)12-6-4-5-7-21(12,19)20/h10,12,16H,3-8,15H2,1-2H3. The molecule has 6 nitrogen and oxygen atoms in total. The number of hydrogen-bond donors (Lipinski definition) is 2. The van der Waals surface area contributed by atoms with Crippen molar-refractivity contribution in [3.63, 3.8) is 0 Å². The molecule has 1 aliphatic rings. The molecule has 0 aromatic carbocycles. The van der Waals surface area contributed by atoms with E-state index in [0.29, 0.717) is 12.8 Å². The van der Waals surface area contributed by atoms with Gasteiger partial charge in [-0.2, -0.15) is 5.10 Å². The van der Waals surface area contributed by atoms with Gasteiger partial charge in [-0.15, -0.1) is 0 Å². The molecule has 2 atom stereocenters. The third-order valence-corrected chi connectivity index (χ3v) is 7.53. The molecule has 0 saturated carbocycles. The lowest BCUT2D eigenvalue weighted by molar-refractivity contribution is 0.430. The summed E-state index contributed by atoms with van der Waals surface area (Å²) in [6, 6.07) is -0.284. The predicted molar refractivity (Wildman–Crippen MR) is 86.6 cm³/mol. The first-order valence-corrected chi connectivity index (χ1v) is 9.81. The first-order chi connectivity index (χ1) is 9.90. The third kappa shape index (κ3) is 3.49. The average molecular weight is 379 g/mol. The van der Waals surface area contributed by atoms with Crippen molar-refractivity contribution in [1.82, 2.24) is 15.2 Å². The Balaban J connectivity index is 2.27. The lowest BCUT2D eigenvalue weighted by atomic mass is 10.0. The van der Waals surface area contributed by atoms with Crippen LogP contribution in [0.1, 0.15) is 37.6 Å². The zero-order valence-corrected chi connectivity index (χ0v) is 14.9. The summed E-state index contributed by atoms with van der Waals surface area (Å²) in [6.45, 7) is 4.70. The molecule has 2 heterocycles. The number of sulfone groups is 1. The molecule has 0 aliphatic carbocycles. The number of nitrogens with one attached hydrogen (secondary N) is 1. The van der Waals surface area contributed by atoms with Crippen molar-refractivity contribution >= 4 is 25.8 Å². The second-order valence-corrected chi connectivity index (χ2v) is 8.67. The van der Waals surface area contributed by atoms with Gasteiger partial charge < -0.3 is 0 Å². The molecule has 1 aromatic rings. The normalized spacial score (nSPS) is 23.1.